The number of hydrogen-bond donors (Lipinski definition) is 0. The summed E-state index contributed by atoms with van der Waals surface area (Å²) in [6.07, 6.45) is 68.7. The van der Waals surface area contributed by atoms with Crippen molar-refractivity contribution in [2.45, 2.75) is 294 Å². The first-order valence-electron chi connectivity index (χ1n) is 31.4. The Bertz CT molecular complexity index is 1400. The van der Waals surface area contributed by atoms with E-state index in [1.54, 1.807) is 77.0 Å². The van der Waals surface area contributed by atoms with E-state index in [0.29, 0.717) is 0 Å². The number of hydrogen-bond acceptors (Lipinski definition) is 2. The molecule has 0 bridgehead atoms. The van der Waals surface area contributed by atoms with Gasteiger partial charge < -0.3 is 0 Å². The van der Waals surface area contributed by atoms with Crippen LogP contribution in [-0.2, 0) is 0 Å². The highest BCUT2D eigenvalue weighted by atomic mass is 15.2. The van der Waals surface area contributed by atoms with Gasteiger partial charge in [0, 0.05) is 36.3 Å². The van der Waals surface area contributed by atoms with Gasteiger partial charge in [-0.3, -0.25) is 9.80 Å². The monoisotopic (exact) mass is 903 g/mol. The molecule has 2 nitrogen and oxygen atoms in total. The summed E-state index contributed by atoms with van der Waals surface area (Å²) in [6, 6.07) is 5.41. The first-order chi connectivity index (χ1) is 32.5. The van der Waals surface area contributed by atoms with Crippen LogP contribution in [0.1, 0.15) is 258 Å². The summed E-state index contributed by atoms with van der Waals surface area (Å²) in [5.41, 5.74) is 0. The largest absolute Gasteiger partial charge is 0.294 e. The smallest absolute Gasteiger partial charge is 0.0104 e. The summed E-state index contributed by atoms with van der Waals surface area (Å²) in [5.74, 6) is 14.0. The van der Waals surface area contributed by atoms with E-state index in [4.69, 9.17) is 0 Å². The second kappa shape index (κ2) is 22.4. The second-order valence-electron chi connectivity index (χ2n) is 27.9. The van der Waals surface area contributed by atoms with Crippen LogP contribution in [0.5, 0.6) is 0 Å². The predicted molar refractivity (Wildman–Crippen MR) is 280 cm³/mol. The molecule has 66 heavy (non-hydrogen) atoms. The van der Waals surface area contributed by atoms with Gasteiger partial charge in [0.05, 0.1) is 0 Å². The first-order valence-corrected chi connectivity index (χ1v) is 31.4. The second-order valence-corrected chi connectivity index (χ2v) is 27.9. The van der Waals surface area contributed by atoms with Crippen molar-refractivity contribution in [3.8, 4) is 0 Å². The van der Waals surface area contributed by atoms with E-state index in [0.717, 1.165) is 119 Å². The van der Waals surface area contributed by atoms with Crippen LogP contribution in [0.2, 0.25) is 0 Å². The lowest BCUT2D eigenvalue weighted by Gasteiger charge is -2.57. The fourth-order valence-electron chi connectivity index (χ4n) is 19.9. The minimum atomic E-state index is 0.869. The third kappa shape index (κ3) is 11.4. The Morgan fingerprint density at radius 2 is 0.485 bits per heavy atom. The van der Waals surface area contributed by atoms with E-state index in [2.05, 4.69) is 48.0 Å². The highest BCUT2D eigenvalue weighted by molar-refractivity contribution is 5.05. The van der Waals surface area contributed by atoms with Crippen LogP contribution in [-0.4, -0.2) is 46.1 Å². The third-order valence-electron chi connectivity index (χ3n) is 23.8. The summed E-state index contributed by atoms with van der Waals surface area (Å²) in [6.45, 7) is 4.95. The summed E-state index contributed by atoms with van der Waals surface area (Å²) in [5, 5.41) is 0. The lowest BCUT2D eigenvalue weighted by molar-refractivity contribution is -0.0662. The van der Waals surface area contributed by atoms with Crippen molar-refractivity contribution < 1.29 is 0 Å². The molecule has 11 aliphatic carbocycles. The third-order valence-corrected chi connectivity index (χ3v) is 23.8. The Balaban J connectivity index is 0.683. The Hall–Kier alpha value is -0.600. The van der Waals surface area contributed by atoms with Crippen LogP contribution in [0.25, 0.3) is 0 Å². The maximum atomic E-state index is 3.31. The molecule has 0 amide bonds. The maximum Gasteiger partial charge on any atom is 0.0104 e. The van der Waals surface area contributed by atoms with E-state index in [-0.39, 0.29) is 0 Å². The quantitative estimate of drug-likeness (QED) is 0.202. The normalized spacial score (nSPS) is 46.8. The van der Waals surface area contributed by atoms with Crippen molar-refractivity contribution in [1.29, 1.82) is 0 Å². The molecular formula is C64H106N2. The van der Waals surface area contributed by atoms with Crippen molar-refractivity contribution in [1.82, 2.24) is 9.80 Å². The van der Waals surface area contributed by atoms with Crippen LogP contribution in [0.15, 0.2) is 24.3 Å². The molecule has 0 N–H and O–H groups in total. The van der Waals surface area contributed by atoms with Crippen molar-refractivity contribution in [2.24, 2.45) is 82.9 Å². The van der Waals surface area contributed by atoms with Crippen molar-refractivity contribution in [2.75, 3.05) is 0 Å². The van der Waals surface area contributed by atoms with Gasteiger partial charge in [-0.15, -0.1) is 0 Å². The first kappa shape index (κ1) is 47.7. The van der Waals surface area contributed by atoms with Gasteiger partial charge in [0.2, 0.25) is 0 Å². The molecule has 2 heteroatoms. The van der Waals surface area contributed by atoms with E-state index in [9.17, 15) is 0 Å². The zero-order valence-electron chi connectivity index (χ0n) is 43.6. The van der Waals surface area contributed by atoms with Gasteiger partial charge in [-0.05, 0) is 263 Å². The Morgan fingerprint density at radius 1 is 0.227 bits per heavy atom. The number of fused-ring (bicyclic) bond motifs is 4. The van der Waals surface area contributed by atoms with E-state index >= 15 is 0 Å². The summed E-state index contributed by atoms with van der Waals surface area (Å²) in [4.78, 5) is 6.63. The molecule has 0 spiro atoms. The number of allylic oxidation sites excluding steroid dienone is 4. The molecule has 0 aromatic carbocycles. The van der Waals surface area contributed by atoms with Gasteiger partial charge in [0.1, 0.15) is 0 Å². The Morgan fingerprint density at radius 3 is 0.818 bits per heavy atom. The number of rotatable bonds is 10. The summed E-state index contributed by atoms with van der Waals surface area (Å²) < 4.78 is 0. The van der Waals surface area contributed by atoms with E-state index < -0.39 is 0 Å². The molecule has 0 saturated heterocycles. The topological polar surface area (TPSA) is 6.48 Å². The molecule has 11 saturated carbocycles. The zero-order chi connectivity index (χ0) is 44.4. The molecule has 11 rings (SSSR count). The van der Waals surface area contributed by atoms with Crippen LogP contribution in [0, 0.1) is 82.9 Å². The van der Waals surface area contributed by atoms with Gasteiger partial charge in [-0.1, -0.05) is 102 Å². The lowest BCUT2D eigenvalue weighted by Crippen LogP contribution is -2.55. The predicted octanol–water partition coefficient (Wildman–Crippen LogP) is 17.6. The summed E-state index contributed by atoms with van der Waals surface area (Å²) >= 11 is 0. The molecule has 11 aliphatic rings. The summed E-state index contributed by atoms with van der Waals surface area (Å²) in [7, 11) is 0. The molecule has 0 aromatic rings. The SMILES string of the molecule is CC1CCC(/C=C/C2CCC(N(C3CCCCC3)C3CCC4CC5CC6CC7CC(N(C8CCCCC8)C8CCC(/C=C/C9CCC(C)CC9)CC8)CCC7CC6CC5CC4C3)CC2)CC1. The molecule has 10 atom stereocenters. The molecule has 372 valence electrons. The molecular weight excluding hydrogens is 797 g/mol. The minimum absolute atomic E-state index is 0.869. The molecule has 0 radical (unpaired) electrons. The Labute approximate surface area is 409 Å². The standard InChI is InChI=1S/C64H106N2/c1-45-13-17-47(18-14-45)21-23-49-25-31-61(32-26-49)65(59-9-5-3-6-10-59)63-35-29-51-37-53-40-56-42-58-44-64(36-30-52(58)38-54(56)39-55(53)41-57(51)43-63)66(60-11-7-4-8-12-60)62-33-27-50(28-34-62)24-22-48-19-15-46(2)16-20-48/h21-24,45-64H,3-20,25-44H2,1-2H3/b23-21+,24-22+. The van der Waals surface area contributed by atoms with Gasteiger partial charge in [-0.2, -0.15) is 0 Å². The number of nitrogens with zero attached hydrogens (tertiary/aromatic N) is 2. The molecule has 0 heterocycles. The van der Waals surface area contributed by atoms with Crippen molar-refractivity contribution in [3.05, 3.63) is 24.3 Å². The van der Waals surface area contributed by atoms with E-state index in [1.807, 2.05) is 0 Å². The van der Waals surface area contributed by atoms with Crippen LogP contribution in [0.4, 0.5) is 0 Å². The average Bonchev–Trinajstić information content (AvgIpc) is 3.36. The molecule has 0 aromatic heterocycles. The van der Waals surface area contributed by atoms with E-state index in [1.165, 1.54) is 167 Å². The average molecular weight is 904 g/mol. The lowest BCUT2D eigenvalue weighted by atomic mass is 9.51. The van der Waals surface area contributed by atoms with Gasteiger partial charge in [0.15, 0.2) is 0 Å². The van der Waals surface area contributed by atoms with Crippen LogP contribution in [0.3, 0.4) is 0 Å². The fraction of sp³-hybridized carbons (Fsp3) is 0.938. The van der Waals surface area contributed by atoms with Crippen LogP contribution < -0.4 is 0 Å². The highest BCUT2D eigenvalue weighted by Gasteiger charge is 2.51. The molecule has 10 unspecified atom stereocenters. The fourth-order valence-corrected chi connectivity index (χ4v) is 19.9. The van der Waals surface area contributed by atoms with Gasteiger partial charge in [0.25, 0.3) is 0 Å². The van der Waals surface area contributed by atoms with Gasteiger partial charge in [-0.25, -0.2) is 0 Å². The Kier molecular flexibility index (Phi) is 16.2. The molecule has 11 fully saturated rings. The van der Waals surface area contributed by atoms with Crippen molar-refractivity contribution >= 4 is 0 Å². The molecule has 0 aliphatic heterocycles. The zero-order valence-corrected chi connectivity index (χ0v) is 43.6. The van der Waals surface area contributed by atoms with Crippen LogP contribution >= 0.6 is 0 Å². The minimum Gasteiger partial charge on any atom is -0.294 e. The van der Waals surface area contributed by atoms with Crippen molar-refractivity contribution in [3.63, 3.8) is 0 Å². The highest BCUT2D eigenvalue weighted by Crippen LogP contribution is 2.59. The van der Waals surface area contributed by atoms with Gasteiger partial charge >= 0.3 is 0 Å². The maximum absolute atomic E-state index is 3.31.